The second-order valence-corrected chi connectivity index (χ2v) is 22.7. The fraction of sp³-hybridized carbons (Fsp3) is 0.422. The Morgan fingerprint density at radius 3 is 2.21 bits per heavy atom. The quantitative estimate of drug-likeness (QED) is 0.0225. The number of benzene rings is 4. The van der Waals surface area contributed by atoms with Crippen molar-refractivity contribution in [2.75, 3.05) is 39.6 Å². The van der Waals surface area contributed by atoms with Gasteiger partial charge in [-0.05, 0) is 101 Å². The van der Waals surface area contributed by atoms with Crippen molar-refractivity contribution in [3.8, 4) is 11.1 Å². The molecular weight excluding hydrogens is 1050 g/mol. The number of nitrogens with one attached hydrogen (secondary N) is 4. The van der Waals surface area contributed by atoms with Crippen LogP contribution in [0.25, 0.3) is 11.1 Å². The van der Waals surface area contributed by atoms with E-state index in [1.807, 2.05) is 110 Å². The van der Waals surface area contributed by atoms with E-state index in [1.165, 1.54) is 6.08 Å². The standard InChI is InChI=1S/C64H70N4O14/c1-4-27-79-57(75)24-23-51(68-56(74)33-66-61(77)80-36-49-46-11-7-5-9-44(46)45-10-6-8-12-47(45)49)59(76)65-32-55(73)67-37-78-35-40-15-13-38(14-16-40)28-39-17-19-41(20-18-39)60-81-54-30-50-48-22-21-42-29-43(70)25-26-62(42,2)58(48)52(71)31-63(50,3)64(54,82-60)53(72)34-69/h4-20,25-26,29,48-52,54,58,60,69,71H,1,21-24,27-28,30-37H2,2-3H3,(H,65,76)(H,66,77)(H,67,73)(H,68,74)/t48-,50-,51-,52-,54?,58+,60+,62?,63-,64+/m0/s1. The van der Waals surface area contributed by atoms with Crippen molar-refractivity contribution >= 4 is 41.4 Å². The summed E-state index contributed by atoms with van der Waals surface area (Å²) >= 11 is 0. The van der Waals surface area contributed by atoms with Crippen molar-refractivity contribution in [3.63, 3.8) is 0 Å². The third-order valence-corrected chi connectivity index (χ3v) is 17.9. The fourth-order valence-electron chi connectivity index (χ4n) is 14.1. The Balaban J connectivity index is 0.658. The highest BCUT2D eigenvalue weighted by Crippen LogP contribution is 2.70. The molecule has 1 saturated heterocycles. The van der Waals surface area contributed by atoms with E-state index in [0.717, 1.165) is 62.9 Å². The predicted octanol–water partition coefficient (Wildman–Crippen LogP) is 6.12. The van der Waals surface area contributed by atoms with E-state index in [1.54, 1.807) is 12.2 Å². The van der Waals surface area contributed by atoms with Gasteiger partial charge in [0.1, 0.15) is 39.1 Å². The number of carbonyl (C=O) groups excluding carboxylic acids is 7. The van der Waals surface area contributed by atoms with E-state index in [2.05, 4.69) is 34.8 Å². The van der Waals surface area contributed by atoms with Crippen molar-refractivity contribution in [3.05, 3.63) is 167 Å². The summed E-state index contributed by atoms with van der Waals surface area (Å²) in [5, 5.41) is 32.4. The van der Waals surface area contributed by atoms with Gasteiger partial charge in [0.25, 0.3) is 0 Å². The number of Topliss-reactive ketones (excluding diaryl/α,β-unsaturated/α-hetero) is 1. The number of allylic oxidation sites excluding steroid dienone is 4. The first-order valence-electron chi connectivity index (χ1n) is 28.1. The number of ketones is 2. The van der Waals surface area contributed by atoms with Crippen LogP contribution in [-0.4, -0.2) is 115 Å². The molecule has 4 aromatic rings. The summed E-state index contributed by atoms with van der Waals surface area (Å²) in [4.78, 5) is 90.3. The number of aliphatic hydroxyl groups is 2. The van der Waals surface area contributed by atoms with Gasteiger partial charge >= 0.3 is 12.1 Å². The molecule has 18 heteroatoms. The molecule has 4 amide bonds. The summed E-state index contributed by atoms with van der Waals surface area (Å²) in [5.74, 6) is -3.38. The number of rotatable bonds is 22. The number of amides is 4. The molecule has 4 fully saturated rings. The lowest BCUT2D eigenvalue weighted by molar-refractivity contribution is -0.201. The highest BCUT2D eigenvalue weighted by atomic mass is 16.7. The van der Waals surface area contributed by atoms with Gasteiger partial charge in [-0.15, -0.1) is 0 Å². The van der Waals surface area contributed by atoms with E-state index >= 15 is 0 Å². The van der Waals surface area contributed by atoms with Crippen LogP contribution >= 0.6 is 0 Å². The van der Waals surface area contributed by atoms with Crippen LogP contribution in [0.5, 0.6) is 0 Å². The Hall–Kier alpha value is -7.61. The maximum absolute atomic E-state index is 14.0. The molecular formula is C64H70N4O14. The minimum atomic E-state index is -1.44. The molecule has 10 atom stereocenters. The SMILES string of the molecule is C=CCOC(=O)CC[C@H](NC(=O)CNC(=O)OCC1c2ccccc2-c2ccccc21)C(=O)NCC(=O)NCOCc1ccc(Cc2ccc([C@@H]3OC4C[C@H]5[C@@H]6CCC7=CC(=O)C=CC7(C)[C@H]6[C@@H](O)C[C@]5(C)[C@]4(C(=O)CO)O3)cc2)cc1. The van der Waals surface area contributed by atoms with Gasteiger partial charge in [0.2, 0.25) is 17.7 Å². The molecule has 5 aliphatic carbocycles. The van der Waals surface area contributed by atoms with E-state index in [9.17, 15) is 43.8 Å². The largest absolute Gasteiger partial charge is 0.461 e. The first kappa shape index (κ1) is 57.6. The molecule has 2 unspecified atom stereocenters. The molecule has 0 bridgehead atoms. The van der Waals surface area contributed by atoms with Gasteiger partial charge in [-0.2, -0.15) is 0 Å². The second kappa shape index (κ2) is 24.5. The number of hydrogen-bond acceptors (Lipinski definition) is 14. The summed E-state index contributed by atoms with van der Waals surface area (Å²) < 4.78 is 29.7. The summed E-state index contributed by atoms with van der Waals surface area (Å²) in [6.45, 7) is 5.99. The van der Waals surface area contributed by atoms with Crippen LogP contribution in [0.4, 0.5) is 4.79 Å². The number of esters is 1. The van der Waals surface area contributed by atoms with Gasteiger partial charge in [0.15, 0.2) is 23.5 Å². The number of ether oxygens (including phenoxy) is 5. The zero-order valence-corrected chi connectivity index (χ0v) is 46.1. The normalized spacial score (nSPS) is 26.7. The number of hydrogen-bond donors (Lipinski definition) is 6. The monoisotopic (exact) mass is 1120 g/mol. The van der Waals surface area contributed by atoms with Crippen LogP contribution < -0.4 is 21.3 Å². The van der Waals surface area contributed by atoms with Crippen LogP contribution in [0.3, 0.4) is 0 Å². The third-order valence-electron chi connectivity index (χ3n) is 17.9. The fourth-order valence-corrected chi connectivity index (χ4v) is 14.1. The number of carbonyl (C=O) groups is 7. The summed E-state index contributed by atoms with van der Waals surface area (Å²) in [6.07, 6.45) is 6.23. The van der Waals surface area contributed by atoms with Gasteiger partial charge < -0.3 is 55.2 Å². The maximum atomic E-state index is 14.0. The molecule has 6 aliphatic rings. The van der Waals surface area contributed by atoms with E-state index in [0.29, 0.717) is 19.3 Å². The average Bonchev–Trinajstić information content (AvgIpc) is 1.69. The van der Waals surface area contributed by atoms with Crippen LogP contribution in [0.2, 0.25) is 0 Å². The first-order valence-corrected chi connectivity index (χ1v) is 28.1. The highest BCUT2D eigenvalue weighted by molar-refractivity contribution is 6.01. The second-order valence-electron chi connectivity index (χ2n) is 22.7. The summed E-state index contributed by atoms with van der Waals surface area (Å²) in [7, 11) is 0. The highest BCUT2D eigenvalue weighted by Gasteiger charge is 2.76. The number of alkyl carbamates (subject to hydrolysis) is 1. The van der Waals surface area contributed by atoms with Crippen molar-refractivity contribution in [2.45, 2.75) is 101 Å². The molecule has 0 radical (unpaired) electrons. The molecule has 18 nitrogen and oxygen atoms in total. The Morgan fingerprint density at radius 1 is 0.841 bits per heavy atom. The minimum absolute atomic E-state index is 0.00578. The summed E-state index contributed by atoms with van der Waals surface area (Å²) in [5.41, 5.74) is 6.19. The predicted molar refractivity (Wildman–Crippen MR) is 299 cm³/mol. The number of fused-ring (bicyclic) bond motifs is 10. The molecule has 82 heavy (non-hydrogen) atoms. The smallest absolute Gasteiger partial charge is 0.407 e. The molecule has 1 aliphatic heterocycles. The van der Waals surface area contributed by atoms with Crippen molar-refractivity contribution < 1.29 is 67.5 Å². The van der Waals surface area contributed by atoms with Gasteiger partial charge in [-0.3, -0.25) is 28.8 Å². The van der Waals surface area contributed by atoms with Crippen molar-refractivity contribution in [1.29, 1.82) is 0 Å². The van der Waals surface area contributed by atoms with Crippen molar-refractivity contribution in [1.82, 2.24) is 21.3 Å². The molecule has 3 saturated carbocycles. The lowest BCUT2D eigenvalue weighted by Crippen LogP contribution is -2.63. The zero-order valence-electron chi connectivity index (χ0n) is 46.1. The molecule has 6 N–H and O–H groups in total. The topological polar surface area (TPSA) is 254 Å². The van der Waals surface area contributed by atoms with Gasteiger partial charge in [0.05, 0.1) is 25.4 Å². The van der Waals surface area contributed by atoms with E-state index in [-0.39, 0.29) is 68.8 Å². The van der Waals surface area contributed by atoms with E-state index in [4.69, 9.17) is 23.7 Å². The van der Waals surface area contributed by atoms with Crippen LogP contribution in [0.1, 0.15) is 98.0 Å². The lowest BCUT2D eigenvalue weighted by Gasteiger charge is -2.59. The maximum Gasteiger partial charge on any atom is 0.407 e. The van der Waals surface area contributed by atoms with Gasteiger partial charge in [-0.1, -0.05) is 135 Å². The van der Waals surface area contributed by atoms with Crippen LogP contribution in [0, 0.1) is 28.6 Å². The lowest BCUT2D eigenvalue weighted by atomic mass is 9.46. The molecule has 1 heterocycles. The van der Waals surface area contributed by atoms with Crippen molar-refractivity contribution in [2.24, 2.45) is 28.6 Å². The van der Waals surface area contributed by atoms with E-state index < -0.39 is 96.2 Å². The van der Waals surface area contributed by atoms with Gasteiger partial charge in [0, 0.05) is 34.7 Å². The Bertz CT molecular complexity index is 3130. The molecule has 10 rings (SSSR count). The Labute approximate surface area is 476 Å². The Kier molecular flexibility index (Phi) is 17.2. The van der Waals surface area contributed by atoms with Crippen LogP contribution in [0.15, 0.2) is 134 Å². The Morgan fingerprint density at radius 2 is 1.51 bits per heavy atom. The third kappa shape index (κ3) is 11.5. The molecule has 0 spiro atoms. The van der Waals surface area contributed by atoms with Gasteiger partial charge in [-0.25, -0.2) is 4.79 Å². The zero-order chi connectivity index (χ0) is 57.8. The average molecular weight is 1120 g/mol. The molecule has 430 valence electrons. The molecule has 0 aromatic heterocycles. The minimum Gasteiger partial charge on any atom is -0.461 e. The van der Waals surface area contributed by atoms with Crippen LogP contribution in [-0.2, 0) is 65.5 Å². The summed E-state index contributed by atoms with van der Waals surface area (Å²) in [6, 6.07) is 30.2. The number of aliphatic hydroxyl groups excluding tert-OH is 2. The first-order chi connectivity index (χ1) is 39.5. The molecule has 4 aromatic carbocycles.